The summed E-state index contributed by atoms with van der Waals surface area (Å²) in [6.45, 7) is 9.42. The molecular formula is C25H35N7O. The van der Waals surface area contributed by atoms with Crippen LogP contribution in [0, 0.1) is 13.8 Å². The van der Waals surface area contributed by atoms with Crippen LogP contribution in [0.5, 0.6) is 0 Å². The first-order chi connectivity index (χ1) is 16.0. The Morgan fingerprint density at radius 3 is 2.39 bits per heavy atom. The highest BCUT2D eigenvalue weighted by Crippen LogP contribution is 2.31. The van der Waals surface area contributed by atoms with Crippen LogP contribution < -0.4 is 9.80 Å². The summed E-state index contributed by atoms with van der Waals surface area (Å²) in [5.41, 5.74) is 6.42. The van der Waals surface area contributed by atoms with Crippen molar-refractivity contribution in [2.45, 2.75) is 26.4 Å². The molecular weight excluding hydrogens is 414 g/mol. The molecule has 176 valence electrons. The average Bonchev–Trinajstić information content (AvgIpc) is 3.28. The third kappa shape index (κ3) is 5.02. The van der Waals surface area contributed by atoms with Crippen molar-refractivity contribution in [3.8, 4) is 0 Å². The average molecular weight is 450 g/mol. The molecule has 8 nitrogen and oxygen atoms in total. The summed E-state index contributed by atoms with van der Waals surface area (Å²) in [5, 5.41) is 12.7. The molecule has 1 saturated heterocycles. The van der Waals surface area contributed by atoms with E-state index in [1.807, 2.05) is 4.68 Å². The number of tetrazole rings is 1. The lowest BCUT2D eigenvalue weighted by Gasteiger charge is -2.40. The molecule has 0 bridgehead atoms. The number of methoxy groups -OCH3 is 1. The molecule has 0 radical (unpaired) electrons. The van der Waals surface area contributed by atoms with Crippen molar-refractivity contribution in [2.75, 3.05) is 63.8 Å². The zero-order chi connectivity index (χ0) is 23.4. The number of aromatic nitrogens is 4. The Kier molecular flexibility index (Phi) is 7.25. The van der Waals surface area contributed by atoms with Gasteiger partial charge in [-0.2, -0.15) is 0 Å². The van der Waals surface area contributed by atoms with Gasteiger partial charge in [0.25, 0.3) is 0 Å². The molecule has 0 N–H and O–H groups in total. The van der Waals surface area contributed by atoms with Crippen LogP contribution >= 0.6 is 0 Å². The van der Waals surface area contributed by atoms with Gasteiger partial charge in [-0.3, -0.25) is 4.90 Å². The third-order valence-corrected chi connectivity index (χ3v) is 6.63. The summed E-state index contributed by atoms with van der Waals surface area (Å²) in [6, 6.07) is 15.3. The highest BCUT2D eigenvalue weighted by molar-refractivity contribution is 5.56. The van der Waals surface area contributed by atoms with Gasteiger partial charge in [0.15, 0.2) is 5.82 Å². The molecule has 0 spiro atoms. The molecule has 0 saturated carbocycles. The Morgan fingerprint density at radius 1 is 1.00 bits per heavy atom. The van der Waals surface area contributed by atoms with Gasteiger partial charge in [0.1, 0.15) is 0 Å². The smallest absolute Gasteiger partial charge is 0.173 e. The summed E-state index contributed by atoms with van der Waals surface area (Å²) < 4.78 is 7.16. The van der Waals surface area contributed by atoms with Crippen molar-refractivity contribution in [1.29, 1.82) is 0 Å². The quantitative estimate of drug-likeness (QED) is 0.524. The van der Waals surface area contributed by atoms with Gasteiger partial charge in [0.05, 0.1) is 19.2 Å². The summed E-state index contributed by atoms with van der Waals surface area (Å²) in [5.74, 6) is 0.866. The molecule has 1 atom stereocenters. The molecule has 3 aromatic rings. The monoisotopic (exact) mass is 449 g/mol. The van der Waals surface area contributed by atoms with Crippen LogP contribution in [-0.2, 0) is 11.3 Å². The van der Waals surface area contributed by atoms with Crippen LogP contribution in [0.3, 0.4) is 0 Å². The molecule has 2 heterocycles. The maximum Gasteiger partial charge on any atom is 0.173 e. The first-order valence-corrected chi connectivity index (χ1v) is 11.6. The Labute approximate surface area is 196 Å². The van der Waals surface area contributed by atoms with Crippen molar-refractivity contribution < 1.29 is 4.74 Å². The second kappa shape index (κ2) is 10.3. The van der Waals surface area contributed by atoms with E-state index in [1.54, 1.807) is 7.11 Å². The Bertz CT molecular complexity index is 1040. The van der Waals surface area contributed by atoms with Gasteiger partial charge in [0, 0.05) is 58.8 Å². The number of hydrogen-bond acceptors (Lipinski definition) is 7. The van der Waals surface area contributed by atoms with Crippen LogP contribution in [0.1, 0.15) is 28.6 Å². The summed E-state index contributed by atoms with van der Waals surface area (Å²) in [6.07, 6.45) is 0. The fourth-order valence-corrected chi connectivity index (χ4v) is 4.52. The fourth-order valence-electron chi connectivity index (χ4n) is 4.52. The van der Waals surface area contributed by atoms with E-state index >= 15 is 0 Å². The first-order valence-electron chi connectivity index (χ1n) is 11.6. The fraction of sp³-hybridized carbons (Fsp3) is 0.480. The molecule has 2 aromatic carbocycles. The van der Waals surface area contributed by atoms with Gasteiger partial charge < -0.3 is 14.5 Å². The number of benzene rings is 2. The van der Waals surface area contributed by atoms with Gasteiger partial charge in [-0.05, 0) is 59.2 Å². The van der Waals surface area contributed by atoms with Gasteiger partial charge in [-0.15, -0.1) is 5.10 Å². The third-order valence-electron chi connectivity index (χ3n) is 6.63. The van der Waals surface area contributed by atoms with Crippen LogP contribution in [-0.4, -0.2) is 79.1 Å². The maximum absolute atomic E-state index is 5.28. The van der Waals surface area contributed by atoms with Crippen LogP contribution in [0.15, 0.2) is 42.5 Å². The largest absolute Gasteiger partial charge is 0.383 e. The molecule has 1 aromatic heterocycles. The Hall–Kier alpha value is -2.97. The van der Waals surface area contributed by atoms with E-state index in [0.29, 0.717) is 13.2 Å². The molecule has 0 unspecified atom stereocenters. The standard InChI is InChI=1S/C25H35N7O/c1-19-7-6-8-23(20(19)2)30-13-15-31(16-14-30)24(21-9-11-22(12-10-21)29(3)4)25-26-27-28-32(25)17-18-33-5/h6-12,24H,13-18H2,1-5H3/t24-/m1/s1. The molecule has 0 aliphatic carbocycles. The van der Waals surface area contributed by atoms with Crippen molar-refractivity contribution in [1.82, 2.24) is 25.1 Å². The summed E-state index contributed by atoms with van der Waals surface area (Å²) in [4.78, 5) is 7.12. The number of ether oxygens (including phenoxy) is 1. The van der Waals surface area contributed by atoms with Crippen molar-refractivity contribution >= 4 is 11.4 Å². The van der Waals surface area contributed by atoms with E-state index in [2.05, 4.69) is 101 Å². The number of aryl methyl sites for hydroxylation is 1. The summed E-state index contributed by atoms with van der Waals surface area (Å²) in [7, 11) is 5.82. The van der Waals surface area contributed by atoms with E-state index in [0.717, 1.165) is 32.0 Å². The molecule has 4 rings (SSSR count). The zero-order valence-corrected chi connectivity index (χ0v) is 20.4. The SMILES string of the molecule is COCCn1nnnc1[C@@H](c1ccc(N(C)C)cc1)N1CCN(c2cccc(C)c2C)CC1. The van der Waals surface area contributed by atoms with Crippen molar-refractivity contribution in [2.24, 2.45) is 0 Å². The second-order valence-electron chi connectivity index (χ2n) is 8.88. The van der Waals surface area contributed by atoms with E-state index in [9.17, 15) is 0 Å². The highest BCUT2D eigenvalue weighted by atomic mass is 16.5. The van der Waals surface area contributed by atoms with Crippen molar-refractivity contribution in [3.05, 3.63) is 65.0 Å². The molecule has 1 aliphatic heterocycles. The number of rotatable bonds is 8. The number of piperazine rings is 1. The summed E-state index contributed by atoms with van der Waals surface area (Å²) >= 11 is 0. The first kappa shape index (κ1) is 23.2. The van der Waals surface area contributed by atoms with Gasteiger partial charge in [0.2, 0.25) is 0 Å². The minimum Gasteiger partial charge on any atom is -0.383 e. The molecule has 0 amide bonds. The van der Waals surface area contributed by atoms with E-state index < -0.39 is 0 Å². The maximum atomic E-state index is 5.28. The molecule has 8 heteroatoms. The van der Waals surface area contributed by atoms with Crippen molar-refractivity contribution in [3.63, 3.8) is 0 Å². The van der Waals surface area contributed by atoms with E-state index in [1.165, 1.54) is 28.1 Å². The molecule has 33 heavy (non-hydrogen) atoms. The predicted octanol–water partition coefficient (Wildman–Crippen LogP) is 2.91. The van der Waals surface area contributed by atoms with Crippen LogP contribution in [0.4, 0.5) is 11.4 Å². The topological polar surface area (TPSA) is 62.6 Å². The number of anilines is 2. The predicted molar refractivity (Wildman–Crippen MR) is 132 cm³/mol. The number of hydrogen-bond donors (Lipinski definition) is 0. The lowest BCUT2D eigenvalue weighted by atomic mass is 10.0. The highest BCUT2D eigenvalue weighted by Gasteiger charge is 2.31. The van der Waals surface area contributed by atoms with E-state index in [4.69, 9.17) is 4.74 Å². The minimum absolute atomic E-state index is 0.00572. The Balaban J connectivity index is 1.60. The Morgan fingerprint density at radius 2 is 1.73 bits per heavy atom. The zero-order valence-electron chi connectivity index (χ0n) is 20.4. The lowest BCUT2D eigenvalue weighted by molar-refractivity contribution is 0.171. The van der Waals surface area contributed by atoms with Crippen LogP contribution in [0.2, 0.25) is 0 Å². The van der Waals surface area contributed by atoms with Gasteiger partial charge in [-0.25, -0.2) is 4.68 Å². The number of nitrogens with zero attached hydrogens (tertiary/aromatic N) is 7. The minimum atomic E-state index is -0.00572. The second-order valence-corrected chi connectivity index (χ2v) is 8.88. The van der Waals surface area contributed by atoms with E-state index in [-0.39, 0.29) is 6.04 Å². The van der Waals surface area contributed by atoms with Gasteiger partial charge >= 0.3 is 0 Å². The molecule has 1 aliphatic rings. The van der Waals surface area contributed by atoms with Gasteiger partial charge in [-0.1, -0.05) is 24.3 Å². The van der Waals surface area contributed by atoms with Crippen LogP contribution in [0.25, 0.3) is 0 Å². The normalized spacial score (nSPS) is 15.6. The lowest BCUT2D eigenvalue weighted by Crippen LogP contribution is -2.48. The molecule has 1 fully saturated rings.